The molecule has 28 heavy (non-hydrogen) atoms. The van der Waals surface area contributed by atoms with E-state index in [-0.39, 0.29) is 5.82 Å². The number of allylic oxidation sites excluding steroid dienone is 3. The number of aromatic nitrogens is 2. The van der Waals surface area contributed by atoms with Crippen molar-refractivity contribution in [2.75, 3.05) is 11.9 Å². The Bertz CT molecular complexity index is 1070. The minimum absolute atomic E-state index is 0.290. The van der Waals surface area contributed by atoms with Crippen molar-refractivity contribution in [3.63, 3.8) is 0 Å². The average molecular weight is 377 g/mol. The van der Waals surface area contributed by atoms with E-state index in [2.05, 4.69) is 15.3 Å². The van der Waals surface area contributed by atoms with Gasteiger partial charge >= 0.3 is 0 Å². The van der Waals surface area contributed by atoms with Gasteiger partial charge in [-0.15, -0.1) is 0 Å². The van der Waals surface area contributed by atoms with E-state index in [0.29, 0.717) is 30.0 Å². The van der Waals surface area contributed by atoms with Gasteiger partial charge in [-0.05, 0) is 54.6 Å². The maximum atomic E-state index is 13.5. The zero-order valence-electron chi connectivity index (χ0n) is 15.8. The summed E-state index contributed by atoms with van der Waals surface area (Å²) in [6.07, 6.45) is 9.59. The molecule has 5 heteroatoms. The lowest BCUT2D eigenvalue weighted by atomic mass is 10.1. The number of anilines is 1. The Balaban J connectivity index is 1.84. The molecule has 0 spiro atoms. The summed E-state index contributed by atoms with van der Waals surface area (Å²) in [5.41, 5.74) is 2.99. The van der Waals surface area contributed by atoms with Crippen LogP contribution in [-0.2, 0) is 0 Å². The van der Waals surface area contributed by atoms with Crippen molar-refractivity contribution in [2.24, 2.45) is 0 Å². The molecule has 0 aliphatic carbocycles. The Morgan fingerprint density at radius 1 is 1.14 bits per heavy atom. The largest absolute Gasteiger partial charge is 0.365 e. The topological polar surface area (TPSA) is 37.8 Å². The predicted octanol–water partition coefficient (Wildman–Crippen LogP) is 6.22. The number of hydrogen-bond acceptors (Lipinski definition) is 3. The Kier molecular flexibility index (Phi) is 6.27. The molecule has 0 unspecified atom stereocenters. The summed E-state index contributed by atoms with van der Waals surface area (Å²) in [6, 6.07) is 10.2. The number of nitrogens with zero attached hydrogens (tertiary/aromatic N) is 2. The van der Waals surface area contributed by atoms with Gasteiger partial charge in [0.2, 0.25) is 0 Å². The second kappa shape index (κ2) is 9.04. The molecule has 0 fully saturated rings. The van der Waals surface area contributed by atoms with Crippen molar-refractivity contribution in [1.29, 1.82) is 0 Å². The Labute approximate surface area is 163 Å². The second-order valence-electron chi connectivity index (χ2n) is 6.36. The monoisotopic (exact) mass is 377 g/mol. The molecular weight excluding hydrogens is 356 g/mol. The number of halogens is 2. The first kappa shape index (κ1) is 19.4. The molecule has 0 aliphatic rings. The lowest BCUT2D eigenvalue weighted by molar-refractivity contribution is 0.628. The van der Waals surface area contributed by atoms with Crippen LogP contribution in [0.1, 0.15) is 13.8 Å². The van der Waals surface area contributed by atoms with E-state index in [0.717, 1.165) is 21.9 Å². The van der Waals surface area contributed by atoms with Gasteiger partial charge in [0, 0.05) is 29.9 Å². The van der Waals surface area contributed by atoms with Gasteiger partial charge < -0.3 is 5.32 Å². The van der Waals surface area contributed by atoms with Crippen molar-refractivity contribution >= 4 is 16.6 Å². The van der Waals surface area contributed by atoms with E-state index >= 15 is 0 Å². The van der Waals surface area contributed by atoms with Gasteiger partial charge in [0.25, 0.3) is 0 Å². The minimum atomic E-state index is -0.290. The van der Waals surface area contributed by atoms with Gasteiger partial charge in [-0.1, -0.05) is 30.4 Å². The molecule has 2 heterocycles. The van der Waals surface area contributed by atoms with Gasteiger partial charge in [-0.2, -0.15) is 0 Å². The number of fused-ring (bicyclic) bond motifs is 1. The van der Waals surface area contributed by atoms with Crippen LogP contribution in [0.5, 0.6) is 0 Å². The molecule has 0 saturated heterocycles. The fourth-order valence-corrected chi connectivity index (χ4v) is 2.73. The van der Waals surface area contributed by atoms with Crippen LogP contribution >= 0.6 is 0 Å². The highest BCUT2D eigenvalue weighted by atomic mass is 19.1. The number of pyridine rings is 2. The lowest BCUT2D eigenvalue weighted by Gasteiger charge is -2.10. The molecule has 0 radical (unpaired) electrons. The smallest absolute Gasteiger partial charge is 0.135 e. The third kappa shape index (κ3) is 4.68. The first-order chi connectivity index (χ1) is 13.6. The summed E-state index contributed by atoms with van der Waals surface area (Å²) < 4.78 is 26.0. The molecule has 0 amide bonds. The normalized spacial score (nSPS) is 12.7. The molecule has 3 aromatic rings. The van der Waals surface area contributed by atoms with Crippen molar-refractivity contribution in [3.05, 3.63) is 90.3 Å². The van der Waals surface area contributed by atoms with Crippen LogP contribution in [0.2, 0.25) is 0 Å². The van der Waals surface area contributed by atoms with E-state index in [4.69, 9.17) is 0 Å². The van der Waals surface area contributed by atoms with E-state index < -0.39 is 0 Å². The molecule has 1 N–H and O–H groups in total. The summed E-state index contributed by atoms with van der Waals surface area (Å²) in [6.45, 7) is 4.18. The van der Waals surface area contributed by atoms with Crippen LogP contribution in [0, 0.1) is 5.82 Å². The number of benzene rings is 1. The van der Waals surface area contributed by atoms with Gasteiger partial charge in [-0.25, -0.2) is 13.8 Å². The van der Waals surface area contributed by atoms with E-state index in [1.165, 1.54) is 12.1 Å². The highest BCUT2D eigenvalue weighted by Gasteiger charge is 2.07. The van der Waals surface area contributed by atoms with Crippen LogP contribution in [0.25, 0.3) is 22.0 Å². The minimum Gasteiger partial charge on any atom is -0.365 e. The number of hydrogen-bond donors (Lipinski definition) is 1. The number of rotatable bonds is 6. The van der Waals surface area contributed by atoms with Gasteiger partial charge in [-0.3, -0.25) is 4.98 Å². The molecule has 0 aliphatic heterocycles. The van der Waals surface area contributed by atoms with Gasteiger partial charge in [0.1, 0.15) is 11.6 Å². The Hall–Kier alpha value is -3.34. The van der Waals surface area contributed by atoms with E-state index in [9.17, 15) is 8.78 Å². The first-order valence-electron chi connectivity index (χ1n) is 8.95. The molecule has 3 nitrogen and oxygen atoms in total. The fourth-order valence-electron chi connectivity index (χ4n) is 2.73. The standard InChI is InChI=1S/C23H21F2N3/c1-3-17(8-7-16(2)13-24)14-28-23-21-15-27-22(12-18(21)9-10-26-23)19-5-4-6-20(25)11-19/h3-13,15H,14H2,1-2H3,(H,26,28)/b8-7-,16-13+,17-3+. The highest BCUT2D eigenvalue weighted by molar-refractivity contribution is 5.93. The second-order valence-corrected chi connectivity index (χ2v) is 6.36. The predicted molar refractivity (Wildman–Crippen MR) is 111 cm³/mol. The van der Waals surface area contributed by atoms with Crippen molar-refractivity contribution in [2.45, 2.75) is 13.8 Å². The average Bonchev–Trinajstić information content (AvgIpc) is 2.73. The maximum absolute atomic E-state index is 13.5. The summed E-state index contributed by atoms with van der Waals surface area (Å²) in [7, 11) is 0. The van der Waals surface area contributed by atoms with Crippen LogP contribution in [0.15, 0.2) is 84.5 Å². The summed E-state index contributed by atoms with van der Waals surface area (Å²) in [5.74, 6) is 0.419. The molecule has 1 aromatic carbocycles. The number of nitrogens with one attached hydrogen (secondary N) is 1. The van der Waals surface area contributed by atoms with Crippen molar-refractivity contribution in [1.82, 2.24) is 9.97 Å². The highest BCUT2D eigenvalue weighted by Crippen LogP contribution is 2.26. The Morgan fingerprint density at radius 3 is 2.75 bits per heavy atom. The lowest BCUT2D eigenvalue weighted by Crippen LogP contribution is -2.05. The summed E-state index contributed by atoms with van der Waals surface area (Å²) in [4.78, 5) is 8.88. The zero-order chi connectivity index (χ0) is 19.9. The molecular formula is C23H21F2N3. The molecule has 0 atom stereocenters. The molecule has 2 aromatic heterocycles. The maximum Gasteiger partial charge on any atom is 0.135 e. The van der Waals surface area contributed by atoms with Crippen LogP contribution in [0.3, 0.4) is 0 Å². The molecule has 0 bridgehead atoms. The zero-order valence-corrected chi connectivity index (χ0v) is 15.8. The SMILES string of the molecule is C\C=C(/C=C\C(C)=C\F)CNc1nccc2cc(-c3cccc(F)c3)ncc12. The summed E-state index contributed by atoms with van der Waals surface area (Å²) >= 11 is 0. The van der Waals surface area contributed by atoms with E-state index in [1.54, 1.807) is 31.5 Å². The van der Waals surface area contributed by atoms with Crippen molar-refractivity contribution < 1.29 is 8.78 Å². The quantitative estimate of drug-likeness (QED) is 0.518. The molecule has 0 saturated carbocycles. The molecule has 142 valence electrons. The first-order valence-corrected chi connectivity index (χ1v) is 8.95. The van der Waals surface area contributed by atoms with E-state index in [1.807, 2.05) is 37.3 Å². The van der Waals surface area contributed by atoms with Gasteiger partial charge in [0.05, 0.1) is 12.0 Å². The Morgan fingerprint density at radius 2 is 2.00 bits per heavy atom. The van der Waals surface area contributed by atoms with Crippen molar-refractivity contribution in [3.8, 4) is 11.3 Å². The fraction of sp³-hybridized carbons (Fsp3) is 0.130. The van der Waals surface area contributed by atoms with Crippen LogP contribution < -0.4 is 5.32 Å². The third-order valence-corrected chi connectivity index (χ3v) is 4.33. The third-order valence-electron chi connectivity index (χ3n) is 4.33. The summed E-state index contributed by atoms with van der Waals surface area (Å²) in [5, 5.41) is 5.14. The molecule has 3 rings (SSSR count). The van der Waals surface area contributed by atoms with Crippen LogP contribution in [0.4, 0.5) is 14.6 Å². The van der Waals surface area contributed by atoms with Gasteiger partial charge in [0.15, 0.2) is 0 Å². The van der Waals surface area contributed by atoms with Crippen LogP contribution in [-0.4, -0.2) is 16.5 Å².